The van der Waals surface area contributed by atoms with Crippen molar-refractivity contribution in [1.82, 2.24) is 15.6 Å². The zero-order valence-electron chi connectivity index (χ0n) is 18.0. The molecule has 1 amide bonds. The number of pyridine rings is 1. The Balaban J connectivity index is 1.53. The first-order valence-corrected chi connectivity index (χ1v) is 12.2. The number of rotatable bonds is 11. The number of aromatic nitrogens is 1. The Kier molecular flexibility index (Phi) is 8.43. The van der Waals surface area contributed by atoms with Crippen LogP contribution >= 0.6 is 0 Å². The molecule has 1 aromatic carbocycles. The Morgan fingerprint density at radius 3 is 2.62 bits per heavy atom. The van der Waals surface area contributed by atoms with Gasteiger partial charge in [-0.05, 0) is 48.7 Å². The Morgan fingerprint density at radius 2 is 1.97 bits per heavy atom. The van der Waals surface area contributed by atoms with Crippen LogP contribution in [0.5, 0.6) is 17.2 Å². The van der Waals surface area contributed by atoms with Crippen LogP contribution in [0.4, 0.5) is 0 Å². The Hall–Kier alpha value is -2.69. The fourth-order valence-electron chi connectivity index (χ4n) is 3.69. The summed E-state index contributed by atoms with van der Waals surface area (Å²) in [5, 5.41) is 5.55. The minimum Gasteiger partial charge on any atom is -0.493 e. The maximum absolute atomic E-state index is 11.9. The monoisotopic (exact) mass is 463 g/mol. The van der Waals surface area contributed by atoms with Gasteiger partial charge in [0.15, 0.2) is 11.5 Å². The zero-order valence-corrected chi connectivity index (χ0v) is 18.9. The fourth-order valence-corrected chi connectivity index (χ4v) is 4.01. The molecule has 2 aromatic rings. The number of amides is 1. The number of nitrogens with zero attached hydrogens (tertiary/aromatic N) is 1. The molecule has 1 aliphatic carbocycles. The molecule has 0 radical (unpaired) electrons. The van der Waals surface area contributed by atoms with Crippen molar-refractivity contribution in [3.05, 3.63) is 47.8 Å². The van der Waals surface area contributed by atoms with E-state index in [9.17, 15) is 13.2 Å². The number of nitrogens with one attached hydrogen (secondary N) is 2. The number of ether oxygens (including phenoxy) is 2. The Morgan fingerprint density at radius 1 is 1.19 bits per heavy atom. The molecule has 0 spiro atoms. The topological polar surface area (TPSA) is 127 Å². The SMILES string of the molecule is COc1cc(CNCCC2CCCC2)ccc1Oc1ccc(C(=O)NCS(=O)(=O)O)nc1. The van der Waals surface area contributed by atoms with E-state index in [4.69, 9.17) is 14.0 Å². The largest absolute Gasteiger partial charge is 0.493 e. The third-order valence-electron chi connectivity index (χ3n) is 5.37. The van der Waals surface area contributed by atoms with Crippen molar-refractivity contribution < 1.29 is 27.2 Å². The molecule has 32 heavy (non-hydrogen) atoms. The number of benzene rings is 1. The van der Waals surface area contributed by atoms with Crippen molar-refractivity contribution in [2.75, 3.05) is 19.5 Å². The van der Waals surface area contributed by atoms with Gasteiger partial charge in [0, 0.05) is 6.54 Å². The molecule has 0 unspecified atom stereocenters. The lowest BCUT2D eigenvalue weighted by Crippen LogP contribution is -2.29. The van der Waals surface area contributed by atoms with Crippen LogP contribution in [0.2, 0.25) is 0 Å². The highest BCUT2D eigenvalue weighted by molar-refractivity contribution is 7.85. The van der Waals surface area contributed by atoms with Gasteiger partial charge in [-0.2, -0.15) is 8.42 Å². The van der Waals surface area contributed by atoms with Crippen molar-refractivity contribution in [2.45, 2.75) is 38.6 Å². The van der Waals surface area contributed by atoms with E-state index in [1.54, 1.807) is 7.11 Å². The number of methoxy groups -OCH3 is 1. The van der Waals surface area contributed by atoms with Crippen LogP contribution in [-0.4, -0.2) is 43.4 Å². The van der Waals surface area contributed by atoms with Gasteiger partial charge in [-0.15, -0.1) is 0 Å². The van der Waals surface area contributed by atoms with Gasteiger partial charge in [0.25, 0.3) is 16.0 Å². The third-order valence-corrected chi connectivity index (χ3v) is 5.88. The highest BCUT2D eigenvalue weighted by Crippen LogP contribution is 2.32. The van der Waals surface area contributed by atoms with Crippen molar-refractivity contribution in [1.29, 1.82) is 0 Å². The van der Waals surface area contributed by atoms with E-state index in [2.05, 4.69) is 15.6 Å². The van der Waals surface area contributed by atoms with Gasteiger partial charge in [-0.25, -0.2) is 4.98 Å². The molecule has 174 valence electrons. The van der Waals surface area contributed by atoms with Crippen molar-refractivity contribution in [3.8, 4) is 17.2 Å². The van der Waals surface area contributed by atoms with Crippen molar-refractivity contribution >= 4 is 16.0 Å². The van der Waals surface area contributed by atoms with Gasteiger partial charge in [-0.3, -0.25) is 9.35 Å². The first kappa shape index (κ1) is 24.0. The molecule has 1 saturated carbocycles. The molecule has 1 fully saturated rings. The number of hydrogen-bond acceptors (Lipinski definition) is 7. The smallest absolute Gasteiger partial charge is 0.283 e. The number of carbonyl (C=O) groups is 1. The Labute approximate surface area is 188 Å². The van der Waals surface area contributed by atoms with E-state index in [0.717, 1.165) is 24.6 Å². The lowest BCUT2D eigenvalue weighted by Gasteiger charge is -2.13. The summed E-state index contributed by atoms with van der Waals surface area (Å²) in [6, 6.07) is 8.63. The molecule has 0 saturated heterocycles. The summed E-state index contributed by atoms with van der Waals surface area (Å²) in [7, 11) is -2.73. The van der Waals surface area contributed by atoms with Gasteiger partial charge in [0.05, 0.1) is 13.3 Å². The lowest BCUT2D eigenvalue weighted by molar-refractivity contribution is 0.0954. The number of carbonyl (C=O) groups excluding carboxylic acids is 1. The predicted octanol–water partition coefficient (Wildman–Crippen LogP) is 3.13. The highest BCUT2D eigenvalue weighted by Gasteiger charge is 2.15. The van der Waals surface area contributed by atoms with E-state index in [1.807, 2.05) is 18.2 Å². The molecular weight excluding hydrogens is 434 g/mol. The lowest BCUT2D eigenvalue weighted by atomic mass is 10.0. The standard InChI is InChI=1S/C22H29N3O6S/c1-30-21-12-17(13-23-11-10-16-4-2-3-5-16)6-9-20(21)31-18-7-8-19(24-14-18)22(26)25-15-32(27,28)29/h6-9,12,14,16,23H,2-5,10-11,13,15H2,1H3,(H,25,26)(H,27,28,29). The van der Waals surface area contributed by atoms with Gasteiger partial charge >= 0.3 is 0 Å². The van der Waals surface area contributed by atoms with E-state index in [1.165, 1.54) is 50.4 Å². The second-order valence-electron chi connectivity index (χ2n) is 7.81. The summed E-state index contributed by atoms with van der Waals surface area (Å²) in [6.45, 7) is 1.75. The molecule has 0 atom stereocenters. The second-order valence-corrected chi connectivity index (χ2v) is 9.27. The van der Waals surface area contributed by atoms with Crippen molar-refractivity contribution in [3.63, 3.8) is 0 Å². The number of hydrogen-bond donors (Lipinski definition) is 3. The van der Waals surface area contributed by atoms with Crippen LogP contribution in [0.15, 0.2) is 36.5 Å². The van der Waals surface area contributed by atoms with Crippen LogP contribution < -0.4 is 20.1 Å². The molecule has 9 nitrogen and oxygen atoms in total. The summed E-state index contributed by atoms with van der Waals surface area (Å²) >= 11 is 0. The normalized spacial score (nSPS) is 14.3. The summed E-state index contributed by atoms with van der Waals surface area (Å²) < 4.78 is 41.4. The summed E-state index contributed by atoms with van der Waals surface area (Å²) in [6.07, 6.45) is 8.00. The van der Waals surface area contributed by atoms with Crippen molar-refractivity contribution in [2.24, 2.45) is 5.92 Å². The molecule has 10 heteroatoms. The molecule has 0 bridgehead atoms. The molecule has 0 aliphatic heterocycles. The van der Waals surface area contributed by atoms with Gasteiger partial charge < -0.3 is 20.1 Å². The van der Waals surface area contributed by atoms with E-state index in [-0.39, 0.29) is 5.69 Å². The third kappa shape index (κ3) is 7.47. The molecule has 3 N–H and O–H groups in total. The maximum Gasteiger partial charge on any atom is 0.283 e. The van der Waals surface area contributed by atoms with E-state index in [0.29, 0.717) is 17.2 Å². The van der Waals surface area contributed by atoms with Gasteiger partial charge in [-0.1, -0.05) is 31.7 Å². The first-order valence-electron chi connectivity index (χ1n) is 10.6. The second kappa shape index (κ2) is 11.3. The fraction of sp³-hybridized carbons (Fsp3) is 0.455. The maximum atomic E-state index is 11.9. The minimum absolute atomic E-state index is 0.00742. The van der Waals surface area contributed by atoms with Crippen LogP contribution in [0, 0.1) is 5.92 Å². The van der Waals surface area contributed by atoms with E-state index < -0.39 is 21.9 Å². The average molecular weight is 464 g/mol. The molecular formula is C22H29N3O6S. The first-order chi connectivity index (χ1) is 15.3. The van der Waals surface area contributed by atoms with Crippen LogP contribution in [0.1, 0.15) is 48.2 Å². The summed E-state index contributed by atoms with van der Waals surface area (Å²) in [4.78, 5) is 15.8. The minimum atomic E-state index is -4.30. The molecule has 1 aromatic heterocycles. The van der Waals surface area contributed by atoms with Gasteiger partial charge in [0.2, 0.25) is 0 Å². The zero-order chi connectivity index (χ0) is 23.0. The van der Waals surface area contributed by atoms with Crippen LogP contribution in [0.25, 0.3) is 0 Å². The van der Waals surface area contributed by atoms with Crippen LogP contribution in [-0.2, 0) is 16.7 Å². The summed E-state index contributed by atoms with van der Waals surface area (Å²) in [5.74, 6) is 0.725. The molecule has 1 aliphatic rings. The van der Waals surface area contributed by atoms with E-state index >= 15 is 0 Å². The Bertz CT molecular complexity index is 1000. The quantitative estimate of drug-likeness (QED) is 0.343. The molecule has 3 rings (SSSR count). The summed E-state index contributed by atoms with van der Waals surface area (Å²) in [5.41, 5.74) is 1.08. The predicted molar refractivity (Wildman–Crippen MR) is 119 cm³/mol. The average Bonchev–Trinajstić information content (AvgIpc) is 3.29. The van der Waals surface area contributed by atoms with Gasteiger partial charge in [0.1, 0.15) is 17.3 Å². The highest BCUT2D eigenvalue weighted by atomic mass is 32.2. The van der Waals surface area contributed by atoms with Crippen LogP contribution in [0.3, 0.4) is 0 Å². The molecule has 1 heterocycles.